The second kappa shape index (κ2) is 9.23. The first-order valence-electron chi connectivity index (χ1n) is 12.1. The monoisotopic (exact) mass is 501 g/mol. The molecule has 2 aromatic heterocycles. The van der Waals surface area contributed by atoms with Crippen molar-refractivity contribution in [1.82, 2.24) is 25.0 Å². The average molecular weight is 502 g/mol. The van der Waals surface area contributed by atoms with Gasteiger partial charge < -0.3 is 19.7 Å². The summed E-state index contributed by atoms with van der Waals surface area (Å²) in [7, 11) is 1.57. The Morgan fingerprint density at radius 2 is 1.92 bits per heavy atom. The number of methoxy groups -OCH3 is 1. The van der Waals surface area contributed by atoms with Crippen molar-refractivity contribution in [3.8, 4) is 5.88 Å². The van der Waals surface area contributed by atoms with Crippen LogP contribution in [0.25, 0.3) is 0 Å². The van der Waals surface area contributed by atoms with Gasteiger partial charge in [0.25, 0.3) is 0 Å². The van der Waals surface area contributed by atoms with Crippen LogP contribution >= 0.6 is 0 Å². The number of anilines is 2. The molecule has 1 aliphatic carbocycles. The Bertz CT molecular complexity index is 1260. The Morgan fingerprint density at radius 1 is 1.11 bits per heavy atom. The van der Waals surface area contributed by atoms with Crippen molar-refractivity contribution in [3.05, 3.63) is 53.2 Å². The molecule has 3 atom stereocenters. The molecule has 36 heavy (non-hydrogen) atoms. The standard InChI is InChI=1S/C24H26F3N7O2/c1-35-18-9-15(10-28-31-18)33-11-13-3-4-14(12-33)21(13)29-24-30-23-22(36-8-2-7-34(23)32-24)16-5-6-17(25)20(27)19(16)26/h5-6,9-10,13-14,21-22H,2-4,7-8,11-12H2,1H3,(H,29,32)/t13-,14-,22-/m1/s1. The Kier molecular flexibility index (Phi) is 5.90. The summed E-state index contributed by atoms with van der Waals surface area (Å²) in [4.78, 5) is 6.95. The van der Waals surface area contributed by atoms with Crippen molar-refractivity contribution in [1.29, 1.82) is 0 Å². The molecule has 1 N–H and O–H groups in total. The van der Waals surface area contributed by atoms with Gasteiger partial charge in [0.15, 0.2) is 23.3 Å². The van der Waals surface area contributed by atoms with Gasteiger partial charge in [-0.05, 0) is 43.2 Å². The van der Waals surface area contributed by atoms with Crippen molar-refractivity contribution >= 4 is 11.6 Å². The van der Waals surface area contributed by atoms with Crippen LogP contribution in [0.4, 0.5) is 24.8 Å². The molecule has 0 spiro atoms. The second-order valence-corrected chi connectivity index (χ2v) is 9.51. The summed E-state index contributed by atoms with van der Waals surface area (Å²) >= 11 is 0. The maximum absolute atomic E-state index is 14.6. The fourth-order valence-corrected chi connectivity index (χ4v) is 5.66. The summed E-state index contributed by atoms with van der Waals surface area (Å²) in [6.07, 6.45) is 3.58. The molecule has 0 unspecified atom stereocenters. The number of piperidine rings is 1. The molecule has 0 amide bonds. The molecule has 4 heterocycles. The lowest BCUT2D eigenvalue weighted by molar-refractivity contribution is 0.0780. The largest absolute Gasteiger partial charge is 0.480 e. The van der Waals surface area contributed by atoms with Gasteiger partial charge in [0.05, 0.1) is 19.0 Å². The van der Waals surface area contributed by atoms with Crippen LogP contribution in [0.2, 0.25) is 0 Å². The van der Waals surface area contributed by atoms with Crippen LogP contribution in [0, 0.1) is 29.3 Å². The summed E-state index contributed by atoms with van der Waals surface area (Å²) in [6.45, 7) is 2.56. The molecule has 3 aliphatic rings. The molecule has 3 aromatic rings. The van der Waals surface area contributed by atoms with Gasteiger partial charge in [-0.15, -0.1) is 10.2 Å². The third-order valence-corrected chi connectivity index (χ3v) is 7.40. The Morgan fingerprint density at radius 3 is 2.69 bits per heavy atom. The van der Waals surface area contributed by atoms with Crippen LogP contribution in [0.1, 0.15) is 36.8 Å². The third-order valence-electron chi connectivity index (χ3n) is 7.40. The highest BCUT2D eigenvalue weighted by atomic mass is 19.2. The lowest BCUT2D eigenvalue weighted by atomic mass is 9.92. The highest BCUT2D eigenvalue weighted by molar-refractivity contribution is 5.48. The average Bonchev–Trinajstić information content (AvgIpc) is 3.30. The van der Waals surface area contributed by atoms with E-state index >= 15 is 0 Å². The maximum atomic E-state index is 14.6. The van der Waals surface area contributed by atoms with Gasteiger partial charge in [-0.25, -0.2) is 17.9 Å². The van der Waals surface area contributed by atoms with E-state index < -0.39 is 23.6 Å². The summed E-state index contributed by atoms with van der Waals surface area (Å²) in [6, 6.07) is 4.19. The Balaban J connectivity index is 1.23. The van der Waals surface area contributed by atoms with Crippen LogP contribution < -0.4 is 15.0 Å². The first-order chi connectivity index (χ1) is 17.5. The van der Waals surface area contributed by atoms with Crippen LogP contribution in [-0.2, 0) is 11.3 Å². The van der Waals surface area contributed by atoms with E-state index in [9.17, 15) is 13.2 Å². The number of hydrogen-bond acceptors (Lipinski definition) is 8. The van der Waals surface area contributed by atoms with Gasteiger partial charge in [0, 0.05) is 43.9 Å². The van der Waals surface area contributed by atoms with Crippen LogP contribution in [0.15, 0.2) is 24.4 Å². The first kappa shape index (κ1) is 23.0. The summed E-state index contributed by atoms with van der Waals surface area (Å²) in [5.41, 5.74) is 0.892. The molecule has 0 radical (unpaired) electrons. The number of rotatable bonds is 5. The SMILES string of the molecule is COc1cc(N2C[C@H]3CC[C@H](C2)C3Nc2nc3n(n2)CCCO[C@@H]3c2ccc(F)c(F)c2F)cnn1. The number of aryl methyl sites for hydroxylation is 1. The summed E-state index contributed by atoms with van der Waals surface area (Å²) in [5.74, 6) is -1.97. The van der Waals surface area contributed by atoms with Gasteiger partial charge in [-0.3, -0.25) is 0 Å². The fraction of sp³-hybridized carbons (Fsp3) is 0.500. The van der Waals surface area contributed by atoms with E-state index in [1.807, 2.05) is 6.07 Å². The zero-order valence-electron chi connectivity index (χ0n) is 19.7. The van der Waals surface area contributed by atoms with E-state index in [1.165, 1.54) is 6.07 Å². The summed E-state index contributed by atoms with van der Waals surface area (Å²) in [5, 5.41) is 16.1. The molecule has 2 fully saturated rings. The van der Waals surface area contributed by atoms with E-state index in [2.05, 4.69) is 30.5 Å². The second-order valence-electron chi connectivity index (χ2n) is 9.51. The highest BCUT2D eigenvalue weighted by Gasteiger charge is 2.43. The molecule has 2 aliphatic heterocycles. The molecule has 2 bridgehead atoms. The van der Waals surface area contributed by atoms with E-state index in [0.717, 1.165) is 37.7 Å². The first-order valence-corrected chi connectivity index (χ1v) is 12.1. The molecule has 9 nitrogen and oxygen atoms in total. The molecular weight excluding hydrogens is 475 g/mol. The number of nitrogens with one attached hydrogen (secondary N) is 1. The number of halogens is 3. The minimum Gasteiger partial charge on any atom is -0.480 e. The van der Waals surface area contributed by atoms with Crippen molar-refractivity contribution in [2.24, 2.45) is 11.8 Å². The number of ether oxygens (including phenoxy) is 2. The topological polar surface area (TPSA) is 90.2 Å². The summed E-state index contributed by atoms with van der Waals surface area (Å²) < 4.78 is 54.8. The van der Waals surface area contributed by atoms with Gasteiger partial charge in [-0.2, -0.15) is 10.1 Å². The zero-order chi connectivity index (χ0) is 24.8. The van der Waals surface area contributed by atoms with Crippen molar-refractivity contribution < 1.29 is 22.6 Å². The molecule has 1 saturated heterocycles. The number of fused-ring (bicyclic) bond motifs is 3. The molecule has 1 saturated carbocycles. The molecule has 1 aromatic carbocycles. The minimum absolute atomic E-state index is 0.0919. The number of nitrogens with zero attached hydrogens (tertiary/aromatic N) is 6. The lowest BCUT2D eigenvalue weighted by Crippen LogP contribution is -2.48. The van der Waals surface area contributed by atoms with Crippen molar-refractivity contribution in [2.75, 3.05) is 37.0 Å². The van der Waals surface area contributed by atoms with Gasteiger partial charge in [0.1, 0.15) is 6.10 Å². The maximum Gasteiger partial charge on any atom is 0.242 e. The van der Waals surface area contributed by atoms with Crippen molar-refractivity contribution in [2.45, 2.75) is 38.0 Å². The van der Waals surface area contributed by atoms with Gasteiger partial charge in [-0.1, -0.05) is 0 Å². The van der Waals surface area contributed by atoms with Crippen LogP contribution in [-0.4, -0.2) is 57.8 Å². The van der Waals surface area contributed by atoms with Crippen LogP contribution in [0.3, 0.4) is 0 Å². The normalized spacial score (nSPS) is 25.4. The minimum atomic E-state index is -1.52. The number of benzene rings is 1. The van der Waals surface area contributed by atoms with E-state index in [-0.39, 0.29) is 11.6 Å². The fourth-order valence-electron chi connectivity index (χ4n) is 5.66. The van der Waals surface area contributed by atoms with E-state index in [4.69, 9.17) is 9.47 Å². The smallest absolute Gasteiger partial charge is 0.242 e. The highest BCUT2D eigenvalue weighted by Crippen LogP contribution is 2.40. The predicted molar refractivity (Wildman–Crippen MR) is 123 cm³/mol. The van der Waals surface area contributed by atoms with Crippen LogP contribution in [0.5, 0.6) is 5.88 Å². The van der Waals surface area contributed by atoms with E-state index in [1.54, 1.807) is 18.0 Å². The van der Waals surface area contributed by atoms with E-state index in [0.29, 0.717) is 49.1 Å². The predicted octanol–water partition coefficient (Wildman–Crippen LogP) is 3.33. The number of aromatic nitrogens is 5. The molecule has 12 heteroatoms. The lowest BCUT2D eigenvalue weighted by Gasteiger charge is -2.39. The molecule has 6 rings (SSSR count). The van der Waals surface area contributed by atoms with Gasteiger partial charge >= 0.3 is 0 Å². The Hall–Kier alpha value is -3.41. The third kappa shape index (κ3) is 4.02. The molecule has 190 valence electrons. The molecular formula is C24H26F3N7O2. The Labute approximate surface area is 205 Å². The zero-order valence-corrected chi connectivity index (χ0v) is 19.7. The number of hydrogen-bond donors (Lipinski definition) is 1. The van der Waals surface area contributed by atoms with Crippen molar-refractivity contribution in [3.63, 3.8) is 0 Å². The quantitative estimate of drug-likeness (QED) is 0.533. The van der Waals surface area contributed by atoms with Gasteiger partial charge in [0.2, 0.25) is 11.8 Å².